The molecule has 2 rings (SSSR count). The van der Waals surface area contributed by atoms with Crippen molar-refractivity contribution in [3.8, 4) is 5.75 Å². The van der Waals surface area contributed by atoms with Crippen LogP contribution in [0.4, 0.5) is 10.5 Å². The zero-order chi connectivity index (χ0) is 20.2. The molecule has 0 fully saturated rings. The topological polar surface area (TPSA) is 108 Å². The Morgan fingerprint density at radius 3 is 2.32 bits per heavy atom. The van der Waals surface area contributed by atoms with Crippen LogP contribution in [0.5, 0.6) is 5.75 Å². The summed E-state index contributed by atoms with van der Waals surface area (Å²) in [6.45, 7) is 0.558. The number of carbonyl (C=O) groups excluding carboxylic acids is 1. The van der Waals surface area contributed by atoms with E-state index in [0.29, 0.717) is 18.5 Å². The number of carbonyl (C=O) groups is 1. The van der Waals surface area contributed by atoms with Gasteiger partial charge in [-0.15, -0.1) is 0 Å². The van der Waals surface area contributed by atoms with Crippen LogP contribution in [-0.2, 0) is 9.39 Å². The van der Waals surface area contributed by atoms with Gasteiger partial charge < -0.3 is 19.2 Å². The van der Waals surface area contributed by atoms with E-state index < -0.39 is 18.2 Å². The van der Waals surface area contributed by atoms with Crippen LogP contribution in [0, 0.1) is 10.1 Å². The first-order valence-corrected chi connectivity index (χ1v) is 9.00. The van der Waals surface area contributed by atoms with Gasteiger partial charge in [-0.05, 0) is 37.2 Å². The van der Waals surface area contributed by atoms with Crippen molar-refractivity contribution in [1.29, 1.82) is 0 Å². The maximum atomic E-state index is 11.5. The minimum absolute atomic E-state index is 0.0490. The fraction of sp³-hybridized carbons (Fsp3) is 0.316. The van der Waals surface area contributed by atoms with E-state index in [1.165, 1.54) is 6.07 Å². The lowest BCUT2D eigenvalue weighted by atomic mass is 9.80. The van der Waals surface area contributed by atoms with Gasteiger partial charge in [0.15, 0.2) is 5.75 Å². The number of hydrogen-bond donors (Lipinski definition) is 1. The smallest absolute Gasteiger partial charge is 0.487 e. The molecule has 0 bridgehead atoms. The maximum Gasteiger partial charge on any atom is 0.564 e. The standard InChI is InChI=1S/C19H22BNO7/c22-19(28-20(23)16-10-4-3-5-11-16)27-15-9-2-1-8-14-26-18-13-7-6-12-17(18)21(24)25/h3-7,10-13,23H,1-2,8-9,14-15H2. The van der Waals surface area contributed by atoms with Gasteiger partial charge in [-0.3, -0.25) is 10.1 Å². The number of ether oxygens (including phenoxy) is 2. The number of nitro benzene ring substituents is 1. The highest BCUT2D eigenvalue weighted by Gasteiger charge is 2.22. The van der Waals surface area contributed by atoms with Crippen LogP contribution in [0.25, 0.3) is 0 Å². The summed E-state index contributed by atoms with van der Waals surface area (Å²) in [4.78, 5) is 21.9. The van der Waals surface area contributed by atoms with Gasteiger partial charge in [-0.1, -0.05) is 42.5 Å². The second-order valence-corrected chi connectivity index (χ2v) is 5.97. The van der Waals surface area contributed by atoms with Crippen molar-refractivity contribution in [3.63, 3.8) is 0 Å². The molecule has 2 aromatic rings. The fourth-order valence-electron chi connectivity index (χ4n) is 2.44. The Kier molecular flexibility index (Phi) is 8.80. The molecule has 1 N–H and O–H groups in total. The molecule has 0 radical (unpaired) electrons. The van der Waals surface area contributed by atoms with Crippen molar-refractivity contribution in [2.45, 2.75) is 25.7 Å². The highest BCUT2D eigenvalue weighted by Crippen LogP contribution is 2.25. The van der Waals surface area contributed by atoms with Crippen molar-refractivity contribution < 1.29 is 28.9 Å². The van der Waals surface area contributed by atoms with E-state index in [0.717, 1.165) is 19.3 Å². The highest BCUT2D eigenvalue weighted by atomic mass is 16.7. The average molecular weight is 387 g/mol. The molecule has 0 saturated heterocycles. The second kappa shape index (κ2) is 11.6. The van der Waals surface area contributed by atoms with Gasteiger partial charge in [0.25, 0.3) is 0 Å². The van der Waals surface area contributed by atoms with Gasteiger partial charge in [0.05, 0.1) is 18.1 Å². The number of nitrogens with zero attached hydrogens (tertiary/aromatic N) is 1. The molecule has 0 atom stereocenters. The Labute approximate surface area is 163 Å². The van der Waals surface area contributed by atoms with Gasteiger partial charge in [0.2, 0.25) is 0 Å². The predicted octanol–water partition coefficient (Wildman–Crippen LogP) is 3.07. The number of para-hydroxylation sites is 2. The molecular formula is C19H22BNO7. The normalized spacial score (nSPS) is 10.2. The van der Waals surface area contributed by atoms with Crippen LogP contribution in [-0.4, -0.2) is 36.4 Å². The van der Waals surface area contributed by atoms with Crippen molar-refractivity contribution in [2.24, 2.45) is 0 Å². The molecule has 0 unspecified atom stereocenters. The first kappa shape index (κ1) is 21.2. The quantitative estimate of drug-likeness (QED) is 0.208. The highest BCUT2D eigenvalue weighted by molar-refractivity contribution is 6.61. The minimum atomic E-state index is -1.35. The molecule has 9 heteroatoms. The first-order valence-electron chi connectivity index (χ1n) is 9.00. The molecule has 0 aliphatic heterocycles. The van der Waals surface area contributed by atoms with Gasteiger partial charge >= 0.3 is 19.0 Å². The van der Waals surface area contributed by atoms with Crippen molar-refractivity contribution >= 4 is 24.4 Å². The van der Waals surface area contributed by atoms with Crippen LogP contribution in [0.2, 0.25) is 0 Å². The monoisotopic (exact) mass is 387 g/mol. The zero-order valence-electron chi connectivity index (χ0n) is 15.4. The average Bonchev–Trinajstić information content (AvgIpc) is 2.70. The number of unbranched alkanes of at least 4 members (excludes halogenated alkanes) is 3. The second-order valence-electron chi connectivity index (χ2n) is 5.97. The summed E-state index contributed by atoms with van der Waals surface area (Å²) < 4.78 is 15.2. The van der Waals surface area contributed by atoms with Gasteiger partial charge in [-0.25, -0.2) is 4.79 Å². The summed E-state index contributed by atoms with van der Waals surface area (Å²) in [5.41, 5.74) is 0.421. The van der Waals surface area contributed by atoms with Gasteiger partial charge in [-0.2, -0.15) is 0 Å². The SMILES string of the molecule is O=C(OCCCCCCOc1ccccc1[N+](=O)[O-])OB(O)c1ccccc1. The van der Waals surface area contributed by atoms with E-state index in [1.54, 1.807) is 48.5 Å². The number of benzene rings is 2. The number of hydrogen-bond acceptors (Lipinski definition) is 7. The van der Waals surface area contributed by atoms with E-state index in [2.05, 4.69) is 0 Å². The Balaban J connectivity index is 1.53. The molecule has 0 aromatic heterocycles. The summed E-state index contributed by atoms with van der Waals surface area (Å²) in [5, 5.41) is 20.6. The molecule has 0 amide bonds. The summed E-state index contributed by atoms with van der Waals surface area (Å²) >= 11 is 0. The molecule has 0 spiro atoms. The van der Waals surface area contributed by atoms with E-state index in [-0.39, 0.29) is 18.0 Å². The molecule has 2 aromatic carbocycles. The molecule has 0 heterocycles. The Bertz CT molecular complexity index is 757. The molecular weight excluding hydrogens is 365 g/mol. The molecule has 0 saturated carbocycles. The molecule has 0 aliphatic carbocycles. The van der Waals surface area contributed by atoms with Crippen molar-refractivity contribution in [3.05, 3.63) is 64.7 Å². The van der Waals surface area contributed by atoms with Gasteiger partial charge in [0, 0.05) is 6.07 Å². The fourth-order valence-corrected chi connectivity index (χ4v) is 2.44. The first-order chi connectivity index (χ1) is 13.6. The van der Waals surface area contributed by atoms with Crippen LogP contribution in [0.1, 0.15) is 25.7 Å². The van der Waals surface area contributed by atoms with Crippen molar-refractivity contribution in [1.82, 2.24) is 0 Å². The summed E-state index contributed by atoms with van der Waals surface area (Å²) in [5.74, 6) is 0.260. The number of rotatable bonds is 11. The lowest BCUT2D eigenvalue weighted by Gasteiger charge is -2.09. The lowest BCUT2D eigenvalue weighted by molar-refractivity contribution is -0.385. The zero-order valence-corrected chi connectivity index (χ0v) is 15.4. The summed E-state index contributed by atoms with van der Waals surface area (Å²) in [6, 6.07) is 14.8. The Morgan fingerprint density at radius 2 is 1.61 bits per heavy atom. The van der Waals surface area contributed by atoms with Crippen LogP contribution >= 0.6 is 0 Å². The lowest BCUT2D eigenvalue weighted by Crippen LogP contribution is -2.35. The Morgan fingerprint density at radius 1 is 0.964 bits per heavy atom. The minimum Gasteiger partial charge on any atom is -0.487 e. The third kappa shape index (κ3) is 7.28. The third-order valence-corrected chi connectivity index (χ3v) is 3.87. The third-order valence-electron chi connectivity index (χ3n) is 3.87. The van der Waals surface area contributed by atoms with E-state index in [1.807, 2.05) is 0 Å². The molecule has 28 heavy (non-hydrogen) atoms. The Hall–Kier alpha value is -3.07. The van der Waals surface area contributed by atoms with E-state index in [9.17, 15) is 19.9 Å². The summed E-state index contributed by atoms with van der Waals surface area (Å²) in [6.07, 6.45) is 2.07. The molecule has 0 aliphatic rings. The van der Waals surface area contributed by atoms with E-state index in [4.69, 9.17) is 14.1 Å². The maximum absolute atomic E-state index is 11.5. The molecule has 148 valence electrons. The van der Waals surface area contributed by atoms with Crippen molar-refractivity contribution in [2.75, 3.05) is 13.2 Å². The number of nitro groups is 1. The summed E-state index contributed by atoms with van der Waals surface area (Å²) in [7, 11) is -1.35. The van der Waals surface area contributed by atoms with Gasteiger partial charge in [0.1, 0.15) is 0 Å². The largest absolute Gasteiger partial charge is 0.564 e. The van der Waals surface area contributed by atoms with Crippen LogP contribution in [0.15, 0.2) is 54.6 Å². The van der Waals surface area contributed by atoms with Crippen LogP contribution in [0.3, 0.4) is 0 Å². The predicted molar refractivity (Wildman–Crippen MR) is 104 cm³/mol. The molecule has 8 nitrogen and oxygen atoms in total. The van der Waals surface area contributed by atoms with Crippen LogP contribution < -0.4 is 10.2 Å². The van der Waals surface area contributed by atoms with E-state index >= 15 is 0 Å².